The molecule has 0 aliphatic heterocycles. The summed E-state index contributed by atoms with van der Waals surface area (Å²) in [6, 6.07) is 5.69. The van der Waals surface area contributed by atoms with Crippen LogP contribution in [0.3, 0.4) is 0 Å². The van der Waals surface area contributed by atoms with Gasteiger partial charge in [-0.1, -0.05) is 19.1 Å². The zero-order valence-electron chi connectivity index (χ0n) is 9.73. The molecule has 0 saturated carbocycles. The lowest BCUT2D eigenvalue weighted by Gasteiger charge is -2.08. The van der Waals surface area contributed by atoms with Gasteiger partial charge in [-0.15, -0.1) is 0 Å². The summed E-state index contributed by atoms with van der Waals surface area (Å²) < 4.78 is 5.13. The summed E-state index contributed by atoms with van der Waals surface area (Å²) in [6.07, 6.45) is 2.20. The van der Waals surface area contributed by atoms with Crippen LogP contribution in [0.5, 0.6) is 5.88 Å². The second-order valence-electron chi connectivity index (χ2n) is 3.72. The molecule has 2 aromatic rings. The molecule has 0 saturated heterocycles. The molecule has 17 heavy (non-hydrogen) atoms. The predicted molar refractivity (Wildman–Crippen MR) is 64.6 cm³/mol. The summed E-state index contributed by atoms with van der Waals surface area (Å²) >= 11 is 0. The van der Waals surface area contributed by atoms with E-state index in [4.69, 9.17) is 9.84 Å². The lowest BCUT2D eigenvalue weighted by molar-refractivity contribution is 0.0698. The van der Waals surface area contributed by atoms with Gasteiger partial charge in [0.2, 0.25) is 5.88 Å². The van der Waals surface area contributed by atoms with Gasteiger partial charge in [-0.25, -0.2) is 9.78 Å². The first-order chi connectivity index (χ1) is 8.17. The van der Waals surface area contributed by atoms with E-state index in [9.17, 15) is 4.79 Å². The zero-order chi connectivity index (χ0) is 12.4. The molecule has 0 fully saturated rings. The minimum atomic E-state index is -0.974. The fourth-order valence-electron chi connectivity index (χ4n) is 1.82. The van der Waals surface area contributed by atoms with Crippen molar-refractivity contribution in [2.75, 3.05) is 7.11 Å². The summed E-state index contributed by atoms with van der Waals surface area (Å²) in [5.74, 6) is -0.522. The smallest absolute Gasteiger partial charge is 0.337 e. The summed E-state index contributed by atoms with van der Waals surface area (Å²) in [5.41, 5.74) is 1.30. The second-order valence-corrected chi connectivity index (χ2v) is 3.72. The van der Waals surface area contributed by atoms with Crippen LogP contribution in [0.4, 0.5) is 0 Å². The number of hydrogen-bond acceptors (Lipinski definition) is 3. The molecule has 0 radical (unpaired) electrons. The monoisotopic (exact) mass is 231 g/mol. The number of carboxylic acids is 1. The van der Waals surface area contributed by atoms with Crippen LogP contribution in [0.2, 0.25) is 0 Å². The number of methoxy groups -OCH3 is 1. The Morgan fingerprint density at radius 3 is 2.76 bits per heavy atom. The van der Waals surface area contributed by atoms with Gasteiger partial charge in [-0.2, -0.15) is 0 Å². The SMILES string of the molecule is CCc1ccc2c(OC)ncc(C(=O)O)c2c1. The van der Waals surface area contributed by atoms with Crippen LogP contribution in [-0.2, 0) is 6.42 Å². The minimum Gasteiger partial charge on any atom is -0.481 e. The van der Waals surface area contributed by atoms with Gasteiger partial charge in [0.1, 0.15) is 0 Å². The van der Waals surface area contributed by atoms with Gasteiger partial charge in [0.25, 0.3) is 0 Å². The van der Waals surface area contributed by atoms with Gasteiger partial charge in [0, 0.05) is 17.0 Å². The molecule has 0 atom stereocenters. The molecule has 1 aromatic heterocycles. The second kappa shape index (κ2) is 4.41. The number of benzene rings is 1. The number of nitrogens with zero attached hydrogens (tertiary/aromatic N) is 1. The Kier molecular flexibility index (Phi) is 2.95. The van der Waals surface area contributed by atoms with Gasteiger partial charge < -0.3 is 9.84 Å². The molecular weight excluding hydrogens is 218 g/mol. The Labute approximate surface area is 98.9 Å². The van der Waals surface area contributed by atoms with Crippen LogP contribution in [0, 0.1) is 0 Å². The predicted octanol–water partition coefficient (Wildman–Crippen LogP) is 2.50. The Morgan fingerprint density at radius 2 is 2.18 bits per heavy atom. The van der Waals surface area contributed by atoms with E-state index in [1.165, 1.54) is 13.3 Å². The maximum atomic E-state index is 11.1. The first kappa shape index (κ1) is 11.4. The first-order valence-electron chi connectivity index (χ1n) is 5.36. The Hall–Kier alpha value is -2.10. The van der Waals surface area contributed by atoms with Crippen molar-refractivity contribution in [3.63, 3.8) is 0 Å². The fraction of sp³-hybridized carbons (Fsp3) is 0.231. The van der Waals surface area contributed by atoms with Crippen LogP contribution in [-0.4, -0.2) is 23.2 Å². The number of carboxylic acid groups (broad SMARTS) is 1. The Balaban J connectivity index is 2.80. The zero-order valence-corrected chi connectivity index (χ0v) is 9.73. The number of aryl methyl sites for hydroxylation is 1. The maximum Gasteiger partial charge on any atom is 0.337 e. The quantitative estimate of drug-likeness (QED) is 0.881. The number of ether oxygens (including phenoxy) is 1. The van der Waals surface area contributed by atoms with E-state index in [-0.39, 0.29) is 5.56 Å². The molecule has 2 rings (SSSR count). The molecule has 4 nitrogen and oxygen atoms in total. The van der Waals surface area contributed by atoms with E-state index in [2.05, 4.69) is 4.98 Å². The number of aromatic nitrogens is 1. The van der Waals surface area contributed by atoms with Crippen LogP contribution in [0.15, 0.2) is 24.4 Å². The van der Waals surface area contributed by atoms with Gasteiger partial charge in [-0.05, 0) is 18.1 Å². The number of carbonyl (C=O) groups is 1. The normalized spacial score (nSPS) is 10.5. The average Bonchev–Trinajstić information content (AvgIpc) is 2.36. The van der Waals surface area contributed by atoms with E-state index in [1.807, 2.05) is 25.1 Å². The van der Waals surface area contributed by atoms with E-state index in [1.54, 1.807) is 0 Å². The maximum absolute atomic E-state index is 11.1. The third-order valence-electron chi connectivity index (χ3n) is 2.75. The third-order valence-corrected chi connectivity index (χ3v) is 2.75. The number of rotatable bonds is 3. The summed E-state index contributed by atoms with van der Waals surface area (Å²) in [7, 11) is 1.52. The van der Waals surface area contributed by atoms with Crippen molar-refractivity contribution in [2.45, 2.75) is 13.3 Å². The molecule has 1 aromatic carbocycles. The van der Waals surface area contributed by atoms with Crippen molar-refractivity contribution in [2.24, 2.45) is 0 Å². The largest absolute Gasteiger partial charge is 0.481 e. The minimum absolute atomic E-state index is 0.205. The van der Waals surface area contributed by atoms with Crippen molar-refractivity contribution in [1.29, 1.82) is 0 Å². The third kappa shape index (κ3) is 1.93. The molecule has 1 heterocycles. The van der Waals surface area contributed by atoms with Crippen molar-refractivity contribution in [3.05, 3.63) is 35.5 Å². The molecule has 0 amide bonds. The summed E-state index contributed by atoms with van der Waals surface area (Å²) in [6.45, 7) is 2.03. The first-order valence-corrected chi connectivity index (χ1v) is 5.36. The Morgan fingerprint density at radius 1 is 1.41 bits per heavy atom. The summed E-state index contributed by atoms with van der Waals surface area (Å²) in [5, 5.41) is 10.5. The lowest BCUT2D eigenvalue weighted by atomic mass is 10.0. The molecule has 0 aliphatic carbocycles. The molecule has 1 N–H and O–H groups in total. The van der Waals surface area contributed by atoms with E-state index in [0.717, 1.165) is 17.4 Å². The molecule has 0 aliphatic rings. The number of fused-ring (bicyclic) bond motifs is 1. The van der Waals surface area contributed by atoms with Crippen LogP contribution >= 0.6 is 0 Å². The van der Waals surface area contributed by atoms with Gasteiger partial charge in [-0.3, -0.25) is 0 Å². The highest BCUT2D eigenvalue weighted by Crippen LogP contribution is 2.27. The Bertz CT molecular complexity index is 578. The van der Waals surface area contributed by atoms with Crippen LogP contribution in [0.25, 0.3) is 10.8 Å². The average molecular weight is 231 g/mol. The molecule has 4 heteroatoms. The molecule has 0 bridgehead atoms. The van der Waals surface area contributed by atoms with Crippen molar-refractivity contribution < 1.29 is 14.6 Å². The van der Waals surface area contributed by atoms with Crippen molar-refractivity contribution in [3.8, 4) is 5.88 Å². The van der Waals surface area contributed by atoms with E-state index >= 15 is 0 Å². The highest BCUT2D eigenvalue weighted by Gasteiger charge is 2.13. The highest BCUT2D eigenvalue weighted by atomic mass is 16.5. The van der Waals surface area contributed by atoms with E-state index < -0.39 is 5.97 Å². The topological polar surface area (TPSA) is 59.4 Å². The van der Waals surface area contributed by atoms with E-state index in [0.29, 0.717) is 11.3 Å². The van der Waals surface area contributed by atoms with Gasteiger partial charge >= 0.3 is 5.97 Å². The number of pyridine rings is 1. The van der Waals surface area contributed by atoms with Crippen LogP contribution < -0.4 is 4.74 Å². The fourth-order valence-corrected chi connectivity index (χ4v) is 1.82. The number of aromatic carboxylic acids is 1. The molecule has 0 spiro atoms. The standard InChI is InChI=1S/C13H13NO3/c1-3-8-4-5-9-10(6-8)11(13(15)16)7-14-12(9)17-2/h4-7H,3H2,1-2H3,(H,15,16). The lowest BCUT2D eigenvalue weighted by Crippen LogP contribution is -2.01. The van der Waals surface area contributed by atoms with Crippen LogP contribution in [0.1, 0.15) is 22.8 Å². The van der Waals surface area contributed by atoms with Gasteiger partial charge in [0.05, 0.1) is 12.7 Å². The van der Waals surface area contributed by atoms with Gasteiger partial charge in [0.15, 0.2) is 0 Å². The summed E-state index contributed by atoms with van der Waals surface area (Å²) in [4.78, 5) is 15.1. The van der Waals surface area contributed by atoms with Crippen molar-refractivity contribution >= 4 is 16.7 Å². The highest BCUT2D eigenvalue weighted by molar-refractivity contribution is 6.04. The molecule has 88 valence electrons. The number of hydrogen-bond donors (Lipinski definition) is 1. The molecular formula is C13H13NO3. The molecule has 0 unspecified atom stereocenters. The van der Waals surface area contributed by atoms with Crippen molar-refractivity contribution in [1.82, 2.24) is 4.98 Å².